The molecule has 0 aliphatic heterocycles. The number of allylic oxidation sites excluding steroid dienone is 2. The quantitative estimate of drug-likeness (QED) is 0.791. The molecule has 21 heavy (non-hydrogen) atoms. The molecule has 0 saturated heterocycles. The van der Waals surface area contributed by atoms with Crippen molar-refractivity contribution in [3.8, 4) is 0 Å². The number of rotatable bonds is 5. The number of fused-ring (bicyclic) bond motifs is 1. The number of carbonyl (C=O) groups excluding carboxylic acids is 1. The summed E-state index contributed by atoms with van der Waals surface area (Å²) >= 11 is 1.37. The summed E-state index contributed by atoms with van der Waals surface area (Å²) in [5.41, 5.74) is 4.56. The Hall–Kier alpha value is -1.95. The van der Waals surface area contributed by atoms with E-state index in [4.69, 9.17) is 0 Å². The number of aryl methyl sites for hydroxylation is 2. The second kappa shape index (κ2) is 5.81. The first-order valence-corrected chi connectivity index (χ1v) is 7.89. The number of ketones is 1. The summed E-state index contributed by atoms with van der Waals surface area (Å²) in [6, 6.07) is 6.21. The molecule has 0 radical (unpaired) electrons. The standard InChI is InChI=1S/C15H16N4OS/c1-3-10-5-4-6-12-11(10)7-8-13(12)14(20)9-21-15-16-17-18-19(15)2/h4-6,8H,3,7,9H2,1-2H3. The predicted molar refractivity (Wildman–Crippen MR) is 82.0 cm³/mol. The summed E-state index contributed by atoms with van der Waals surface area (Å²) < 4.78 is 1.57. The Labute approximate surface area is 127 Å². The molecule has 0 unspecified atom stereocenters. The molecule has 0 N–H and O–H groups in total. The van der Waals surface area contributed by atoms with Crippen molar-refractivity contribution in [3.05, 3.63) is 41.0 Å². The van der Waals surface area contributed by atoms with Gasteiger partial charge in [-0.25, -0.2) is 4.68 Å². The SMILES string of the molecule is CCc1cccc2c1CC=C2C(=O)CSc1nnnn1C. The minimum absolute atomic E-state index is 0.134. The van der Waals surface area contributed by atoms with Crippen LogP contribution in [0.2, 0.25) is 0 Å². The first kappa shape index (κ1) is 14.0. The number of aromatic nitrogens is 4. The topological polar surface area (TPSA) is 60.7 Å². The number of benzene rings is 1. The minimum atomic E-state index is 0.134. The van der Waals surface area contributed by atoms with E-state index < -0.39 is 0 Å². The summed E-state index contributed by atoms with van der Waals surface area (Å²) in [4.78, 5) is 12.4. The molecule has 6 heteroatoms. The Kier molecular flexibility index (Phi) is 3.88. The molecule has 0 bridgehead atoms. The Bertz CT molecular complexity index is 720. The molecule has 1 aliphatic rings. The largest absolute Gasteiger partial charge is 0.293 e. The number of thioether (sulfide) groups is 1. The molecule has 1 heterocycles. The maximum absolute atomic E-state index is 12.4. The summed E-state index contributed by atoms with van der Waals surface area (Å²) in [6.07, 6.45) is 3.90. The van der Waals surface area contributed by atoms with Gasteiger partial charge in [0.25, 0.3) is 0 Å². The lowest BCUT2D eigenvalue weighted by Gasteiger charge is -2.08. The van der Waals surface area contributed by atoms with Gasteiger partial charge in [0, 0.05) is 12.6 Å². The Morgan fingerprint density at radius 1 is 1.43 bits per heavy atom. The van der Waals surface area contributed by atoms with Crippen molar-refractivity contribution in [2.75, 3.05) is 5.75 Å². The van der Waals surface area contributed by atoms with Crippen molar-refractivity contribution in [2.24, 2.45) is 7.05 Å². The van der Waals surface area contributed by atoms with Crippen LogP contribution in [0.3, 0.4) is 0 Å². The van der Waals surface area contributed by atoms with Crippen molar-refractivity contribution in [1.29, 1.82) is 0 Å². The summed E-state index contributed by atoms with van der Waals surface area (Å²) in [6.45, 7) is 2.15. The van der Waals surface area contributed by atoms with Gasteiger partial charge >= 0.3 is 0 Å². The van der Waals surface area contributed by atoms with Gasteiger partial charge in [-0.15, -0.1) is 5.10 Å². The van der Waals surface area contributed by atoms with E-state index >= 15 is 0 Å². The second-order valence-corrected chi connectivity index (χ2v) is 5.86. The highest BCUT2D eigenvalue weighted by Crippen LogP contribution is 2.32. The summed E-state index contributed by atoms with van der Waals surface area (Å²) in [5.74, 6) is 0.491. The van der Waals surface area contributed by atoms with E-state index in [0.29, 0.717) is 10.9 Å². The monoisotopic (exact) mass is 300 g/mol. The lowest BCUT2D eigenvalue weighted by Crippen LogP contribution is -2.05. The van der Waals surface area contributed by atoms with Gasteiger partial charge in [-0.1, -0.05) is 43.0 Å². The molecule has 0 saturated carbocycles. The number of carbonyl (C=O) groups is 1. The van der Waals surface area contributed by atoms with Gasteiger partial charge in [0.1, 0.15) is 0 Å². The molecule has 0 atom stereocenters. The van der Waals surface area contributed by atoms with E-state index in [-0.39, 0.29) is 5.78 Å². The lowest BCUT2D eigenvalue weighted by molar-refractivity contribution is -0.111. The normalized spacial score (nSPS) is 13.1. The third-order valence-electron chi connectivity index (χ3n) is 3.67. The Balaban J connectivity index is 1.75. The molecule has 3 rings (SSSR count). The summed E-state index contributed by atoms with van der Waals surface area (Å²) in [5, 5.41) is 11.9. The highest BCUT2D eigenvalue weighted by Gasteiger charge is 2.22. The molecule has 5 nitrogen and oxygen atoms in total. The van der Waals surface area contributed by atoms with Gasteiger partial charge in [-0.05, 0) is 40.0 Å². The first-order chi connectivity index (χ1) is 10.2. The van der Waals surface area contributed by atoms with Gasteiger partial charge in [-0.3, -0.25) is 4.79 Å². The second-order valence-electron chi connectivity index (χ2n) is 4.92. The average Bonchev–Trinajstić information content (AvgIpc) is 3.10. The molecule has 1 aromatic carbocycles. The van der Waals surface area contributed by atoms with Crippen LogP contribution in [0.25, 0.3) is 5.57 Å². The van der Waals surface area contributed by atoms with Gasteiger partial charge in [-0.2, -0.15) is 0 Å². The molecule has 0 spiro atoms. The molecule has 0 fully saturated rings. The third kappa shape index (κ3) is 2.63. The van der Waals surface area contributed by atoms with Gasteiger partial charge < -0.3 is 0 Å². The molecule has 1 aliphatic carbocycles. The van der Waals surface area contributed by atoms with Crippen LogP contribution in [-0.4, -0.2) is 31.7 Å². The molecule has 108 valence electrons. The number of tetrazole rings is 1. The van der Waals surface area contributed by atoms with Gasteiger partial charge in [0.05, 0.1) is 5.75 Å². The van der Waals surface area contributed by atoms with E-state index in [1.165, 1.54) is 22.9 Å². The number of Topliss-reactive ketones (excluding diaryl/α,β-unsaturated/α-hetero) is 1. The van der Waals surface area contributed by atoms with Crippen LogP contribution >= 0.6 is 11.8 Å². The van der Waals surface area contributed by atoms with Crippen molar-refractivity contribution in [2.45, 2.75) is 24.9 Å². The van der Waals surface area contributed by atoms with Gasteiger partial charge in [0.15, 0.2) is 5.78 Å². The molecular weight excluding hydrogens is 284 g/mol. The third-order valence-corrected chi connectivity index (χ3v) is 4.68. The number of hydrogen-bond donors (Lipinski definition) is 0. The zero-order valence-electron chi connectivity index (χ0n) is 12.0. The average molecular weight is 300 g/mol. The van der Waals surface area contributed by atoms with E-state index in [9.17, 15) is 4.79 Å². The Morgan fingerprint density at radius 3 is 3.00 bits per heavy atom. The predicted octanol–water partition coefficient (Wildman–Crippen LogP) is 2.07. The van der Waals surface area contributed by atoms with Crippen molar-refractivity contribution < 1.29 is 4.79 Å². The Morgan fingerprint density at radius 2 is 2.29 bits per heavy atom. The van der Waals surface area contributed by atoms with Crippen LogP contribution in [0, 0.1) is 0 Å². The maximum Gasteiger partial charge on any atom is 0.209 e. The van der Waals surface area contributed by atoms with Crippen LogP contribution < -0.4 is 0 Å². The van der Waals surface area contributed by atoms with Gasteiger partial charge in [0.2, 0.25) is 5.16 Å². The van der Waals surface area contributed by atoms with E-state index in [2.05, 4.69) is 28.5 Å². The van der Waals surface area contributed by atoms with Crippen LogP contribution in [0.5, 0.6) is 0 Å². The highest BCUT2D eigenvalue weighted by molar-refractivity contribution is 7.99. The summed E-state index contributed by atoms with van der Waals surface area (Å²) in [7, 11) is 1.77. The molecular formula is C15H16N4OS. The lowest BCUT2D eigenvalue weighted by atomic mass is 9.97. The minimum Gasteiger partial charge on any atom is -0.293 e. The van der Waals surface area contributed by atoms with E-state index in [0.717, 1.165) is 24.0 Å². The van der Waals surface area contributed by atoms with E-state index in [1.54, 1.807) is 11.7 Å². The van der Waals surface area contributed by atoms with E-state index in [1.807, 2.05) is 18.2 Å². The van der Waals surface area contributed by atoms with Crippen molar-refractivity contribution in [3.63, 3.8) is 0 Å². The van der Waals surface area contributed by atoms with Crippen LogP contribution in [-0.2, 0) is 24.7 Å². The fourth-order valence-corrected chi connectivity index (χ4v) is 3.32. The first-order valence-electron chi connectivity index (χ1n) is 6.90. The molecule has 2 aromatic rings. The fourth-order valence-electron chi connectivity index (χ4n) is 2.59. The zero-order valence-corrected chi connectivity index (χ0v) is 12.9. The zero-order chi connectivity index (χ0) is 14.8. The number of hydrogen-bond acceptors (Lipinski definition) is 5. The van der Waals surface area contributed by atoms with Crippen LogP contribution in [0.15, 0.2) is 29.4 Å². The smallest absolute Gasteiger partial charge is 0.209 e. The van der Waals surface area contributed by atoms with Crippen molar-refractivity contribution in [1.82, 2.24) is 20.2 Å². The van der Waals surface area contributed by atoms with Crippen LogP contribution in [0.1, 0.15) is 23.6 Å². The molecule has 0 amide bonds. The molecule has 1 aromatic heterocycles. The van der Waals surface area contributed by atoms with Crippen molar-refractivity contribution >= 4 is 23.1 Å². The van der Waals surface area contributed by atoms with Crippen LogP contribution in [0.4, 0.5) is 0 Å². The maximum atomic E-state index is 12.4. The number of nitrogens with zero attached hydrogens (tertiary/aromatic N) is 4. The highest BCUT2D eigenvalue weighted by atomic mass is 32.2. The fraction of sp³-hybridized carbons (Fsp3) is 0.333.